The highest BCUT2D eigenvalue weighted by molar-refractivity contribution is 5.99. The summed E-state index contributed by atoms with van der Waals surface area (Å²) in [5, 5.41) is 9.44. The molecule has 0 amide bonds. The zero-order valence-corrected chi connectivity index (χ0v) is 6.51. The Morgan fingerprint density at radius 1 is 1.38 bits per heavy atom. The Hall–Kier alpha value is -2.04. The van der Waals surface area contributed by atoms with Gasteiger partial charge in [0.15, 0.2) is 5.69 Å². The summed E-state index contributed by atoms with van der Waals surface area (Å²) in [6, 6.07) is 1.67. The Labute approximate surface area is 73.1 Å². The molecule has 64 valence electrons. The molecular weight excluding hydrogens is 170 g/mol. The van der Waals surface area contributed by atoms with Crippen molar-refractivity contribution < 1.29 is 9.90 Å². The third-order valence-corrected chi connectivity index (χ3v) is 1.63. The summed E-state index contributed by atoms with van der Waals surface area (Å²) in [4.78, 5) is 22.0. The molecule has 5 heteroatoms. The predicted molar refractivity (Wildman–Crippen MR) is 44.3 cm³/mol. The van der Waals surface area contributed by atoms with Crippen LogP contribution in [0.15, 0.2) is 24.8 Å². The predicted octanol–water partition coefficient (Wildman–Crippen LogP) is 0.723. The van der Waals surface area contributed by atoms with Crippen LogP contribution in [0.5, 0.6) is 0 Å². The van der Waals surface area contributed by atoms with E-state index >= 15 is 0 Å². The summed E-state index contributed by atoms with van der Waals surface area (Å²) in [7, 11) is 0. The minimum atomic E-state index is -1.08. The van der Waals surface area contributed by atoms with Crippen LogP contribution < -0.4 is 0 Å². The van der Waals surface area contributed by atoms with Gasteiger partial charge in [0.05, 0.1) is 0 Å². The van der Waals surface area contributed by atoms with E-state index in [4.69, 9.17) is 5.11 Å². The molecule has 13 heavy (non-hydrogen) atoms. The fraction of sp³-hybridized carbons (Fsp3) is 0. The van der Waals surface area contributed by atoms with E-state index < -0.39 is 5.97 Å². The number of carboxylic acids is 1. The van der Waals surface area contributed by atoms with Crippen molar-refractivity contribution in [1.82, 2.24) is 15.0 Å². The van der Waals surface area contributed by atoms with E-state index in [1.54, 1.807) is 12.3 Å². The van der Waals surface area contributed by atoms with Gasteiger partial charge in [-0.05, 0) is 6.07 Å². The Morgan fingerprint density at radius 3 is 3.00 bits per heavy atom. The summed E-state index contributed by atoms with van der Waals surface area (Å²) < 4.78 is 0. The van der Waals surface area contributed by atoms with Crippen molar-refractivity contribution in [3.63, 3.8) is 0 Å². The van der Waals surface area contributed by atoms with Crippen molar-refractivity contribution >= 4 is 16.9 Å². The molecule has 0 saturated heterocycles. The standard InChI is InChI=1S/C8H5N3O2/c12-8(13)7-6-5(1-2-10-7)3-9-4-11-6/h1-4H,(H,12,13). The van der Waals surface area contributed by atoms with Gasteiger partial charge >= 0.3 is 5.97 Å². The van der Waals surface area contributed by atoms with Crippen LogP contribution in [0.25, 0.3) is 10.9 Å². The summed E-state index contributed by atoms with van der Waals surface area (Å²) in [6.45, 7) is 0. The first kappa shape index (κ1) is 7.60. The lowest BCUT2D eigenvalue weighted by atomic mass is 10.2. The number of nitrogens with zero attached hydrogens (tertiary/aromatic N) is 3. The van der Waals surface area contributed by atoms with E-state index in [0.29, 0.717) is 10.9 Å². The minimum absolute atomic E-state index is 0.0418. The van der Waals surface area contributed by atoms with Crippen molar-refractivity contribution in [3.05, 3.63) is 30.5 Å². The summed E-state index contributed by atoms with van der Waals surface area (Å²) >= 11 is 0. The van der Waals surface area contributed by atoms with E-state index in [9.17, 15) is 4.79 Å². The van der Waals surface area contributed by atoms with Gasteiger partial charge in [0.1, 0.15) is 11.8 Å². The van der Waals surface area contributed by atoms with Gasteiger partial charge in [-0.3, -0.25) is 0 Å². The van der Waals surface area contributed by atoms with Gasteiger partial charge < -0.3 is 5.11 Å². The minimum Gasteiger partial charge on any atom is -0.476 e. The zero-order chi connectivity index (χ0) is 9.26. The Kier molecular flexibility index (Phi) is 1.63. The van der Waals surface area contributed by atoms with Crippen molar-refractivity contribution in [3.8, 4) is 0 Å². The van der Waals surface area contributed by atoms with Gasteiger partial charge in [-0.15, -0.1) is 0 Å². The van der Waals surface area contributed by atoms with Gasteiger partial charge in [0, 0.05) is 17.8 Å². The highest BCUT2D eigenvalue weighted by Crippen LogP contribution is 2.11. The molecule has 5 nitrogen and oxygen atoms in total. The Bertz CT molecular complexity index is 464. The van der Waals surface area contributed by atoms with Crippen molar-refractivity contribution in [2.24, 2.45) is 0 Å². The number of rotatable bonds is 1. The van der Waals surface area contributed by atoms with Crippen LogP contribution in [0.1, 0.15) is 10.5 Å². The van der Waals surface area contributed by atoms with Gasteiger partial charge in [-0.25, -0.2) is 19.7 Å². The molecule has 0 spiro atoms. The molecule has 0 saturated carbocycles. The monoisotopic (exact) mass is 175 g/mol. The lowest BCUT2D eigenvalue weighted by molar-refractivity contribution is 0.0692. The molecule has 0 unspecified atom stereocenters. The van der Waals surface area contributed by atoms with Crippen LogP contribution >= 0.6 is 0 Å². The average molecular weight is 175 g/mol. The van der Waals surface area contributed by atoms with E-state index in [-0.39, 0.29) is 5.69 Å². The molecule has 0 radical (unpaired) electrons. The lowest BCUT2D eigenvalue weighted by Crippen LogP contribution is -2.02. The molecule has 0 fully saturated rings. The first-order valence-corrected chi connectivity index (χ1v) is 3.57. The molecule has 0 bridgehead atoms. The van der Waals surface area contributed by atoms with Crippen molar-refractivity contribution in [2.75, 3.05) is 0 Å². The molecule has 0 aliphatic heterocycles. The number of aromatic carboxylic acids is 1. The number of aromatic nitrogens is 3. The number of carbonyl (C=O) groups is 1. The number of pyridine rings is 1. The number of hydrogen-bond acceptors (Lipinski definition) is 4. The third-order valence-electron chi connectivity index (χ3n) is 1.63. The number of carboxylic acid groups (broad SMARTS) is 1. The first-order chi connectivity index (χ1) is 6.29. The number of hydrogen-bond donors (Lipinski definition) is 1. The summed E-state index contributed by atoms with van der Waals surface area (Å²) in [5.41, 5.74) is 0.324. The van der Waals surface area contributed by atoms with Crippen molar-refractivity contribution in [1.29, 1.82) is 0 Å². The van der Waals surface area contributed by atoms with Gasteiger partial charge in [-0.2, -0.15) is 0 Å². The van der Waals surface area contributed by atoms with Crippen LogP contribution in [0.2, 0.25) is 0 Å². The van der Waals surface area contributed by atoms with Crippen molar-refractivity contribution in [2.45, 2.75) is 0 Å². The van der Waals surface area contributed by atoms with Crippen LogP contribution in [-0.4, -0.2) is 26.0 Å². The van der Waals surface area contributed by atoms with E-state index in [1.807, 2.05) is 0 Å². The Balaban J connectivity index is 2.83. The molecule has 0 aliphatic rings. The summed E-state index contributed by atoms with van der Waals surface area (Å²) in [6.07, 6.45) is 4.28. The lowest BCUT2D eigenvalue weighted by Gasteiger charge is -1.97. The maximum atomic E-state index is 10.7. The smallest absolute Gasteiger partial charge is 0.356 e. The normalized spacial score (nSPS) is 10.2. The third kappa shape index (κ3) is 1.20. The van der Waals surface area contributed by atoms with Crippen LogP contribution in [0, 0.1) is 0 Å². The molecule has 0 aromatic carbocycles. The van der Waals surface area contributed by atoms with Crippen LogP contribution in [0.4, 0.5) is 0 Å². The molecule has 0 atom stereocenters. The van der Waals surface area contributed by atoms with Crippen LogP contribution in [-0.2, 0) is 0 Å². The fourth-order valence-electron chi connectivity index (χ4n) is 1.07. The van der Waals surface area contributed by atoms with Crippen LogP contribution in [0.3, 0.4) is 0 Å². The molecule has 2 rings (SSSR count). The maximum absolute atomic E-state index is 10.7. The van der Waals surface area contributed by atoms with E-state index in [0.717, 1.165) is 0 Å². The average Bonchev–Trinajstić information content (AvgIpc) is 2.17. The van der Waals surface area contributed by atoms with E-state index in [2.05, 4.69) is 15.0 Å². The van der Waals surface area contributed by atoms with E-state index in [1.165, 1.54) is 12.5 Å². The second kappa shape index (κ2) is 2.78. The molecule has 2 aromatic heterocycles. The second-order valence-electron chi connectivity index (χ2n) is 2.43. The number of fused-ring (bicyclic) bond motifs is 1. The fourth-order valence-corrected chi connectivity index (χ4v) is 1.07. The van der Waals surface area contributed by atoms with Gasteiger partial charge in [-0.1, -0.05) is 0 Å². The second-order valence-corrected chi connectivity index (χ2v) is 2.43. The molecule has 0 aliphatic carbocycles. The van der Waals surface area contributed by atoms with Gasteiger partial charge in [0.25, 0.3) is 0 Å². The molecular formula is C8H5N3O2. The first-order valence-electron chi connectivity index (χ1n) is 3.57. The maximum Gasteiger partial charge on any atom is 0.356 e. The molecule has 2 aromatic rings. The zero-order valence-electron chi connectivity index (χ0n) is 6.51. The highest BCUT2D eigenvalue weighted by Gasteiger charge is 2.09. The molecule has 1 N–H and O–H groups in total. The quantitative estimate of drug-likeness (QED) is 0.691. The Morgan fingerprint density at radius 2 is 2.23 bits per heavy atom. The summed E-state index contributed by atoms with van der Waals surface area (Å²) in [5.74, 6) is -1.08. The largest absolute Gasteiger partial charge is 0.476 e. The highest BCUT2D eigenvalue weighted by atomic mass is 16.4. The van der Waals surface area contributed by atoms with Gasteiger partial charge in [0.2, 0.25) is 0 Å². The molecule has 2 heterocycles. The topological polar surface area (TPSA) is 76.0 Å². The SMILES string of the molecule is O=C(O)c1nccc2cncnc12.